The van der Waals surface area contributed by atoms with Crippen molar-refractivity contribution in [2.45, 2.75) is 44.9 Å². The molecular weight excluding hydrogens is 353 g/mol. The van der Waals surface area contributed by atoms with Gasteiger partial charge in [0.25, 0.3) is 0 Å². The van der Waals surface area contributed by atoms with E-state index in [0.29, 0.717) is 6.08 Å². The molecule has 2 unspecified atom stereocenters. The van der Waals surface area contributed by atoms with Crippen LogP contribution in [0.25, 0.3) is 0 Å². The number of ether oxygens (including phenoxy) is 2. The van der Waals surface area contributed by atoms with E-state index in [0.717, 1.165) is 6.92 Å². The maximum atomic E-state index is 13.8. The Morgan fingerprint density at radius 2 is 1.67 bits per heavy atom. The number of carbonyl (C=O) groups is 1. The van der Waals surface area contributed by atoms with Crippen molar-refractivity contribution in [1.29, 1.82) is 0 Å². The summed E-state index contributed by atoms with van der Waals surface area (Å²) in [5.41, 5.74) is -1.05. The van der Waals surface area contributed by atoms with Crippen LogP contribution in [0.1, 0.15) is 20.8 Å². The second-order valence-corrected chi connectivity index (χ2v) is 5.76. The molecule has 1 saturated carbocycles. The molecule has 1 aliphatic carbocycles. The Balaban J connectivity index is 3.22. The number of hydrogen-bond acceptors (Lipinski definition) is 3. The highest BCUT2D eigenvalue weighted by molar-refractivity contribution is 5.58. The SMILES string of the molecule is CCOC(=CC1C(OC(=O)O)C1(C)C)C(F)(F)C(F)(F)C(F)(F)F. The first-order valence-corrected chi connectivity index (χ1v) is 6.67. The Bertz CT molecular complexity index is 525. The van der Waals surface area contributed by atoms with Gasteiger partial charge in [0.1, 0.15) is 6.10 Å². The van der Waals surface area contributed by atoms with Crippen molar-refractivity contribution < 1.29 is 50.1 Å². The molecule has 1 fully saturated rings. The molecule has 0 saturated heterocycles. The summed E-state index contributed by atoms with van der Waals surface area (Å²) in [6.07, 6.45) is -9.02. The van der Waals surface area contributed by atoms with E-state index in [-0.39, 0.29) is 0 Å². The molecule has 0 radical (unpaired) electrons. The van der Waals surface area contributed by atoms with Crippen LogP contribution in [0.2, 0.25) is 0 Å². The van der Waals surface area contributed by atoms with Crippen molar-refractivity contribution >= 4 is 6.16 Å². The van der Waals surface area contributed by atoms with Crippen molar-refractivity contribution in [2.24, 2.45) is 11.3 Å². The average Bonchev–Trinajstić information content (AvgIpc) is 2.87. The first kappa shape index (κ1) is 20.4. The van der Waals surface area contributed by atoms with E-state index in [1.54, 1.807) is 0 Å². The van der Waals surface area contributed by atoms with Crippen LogP contribution in [0.3, 0.4) is 0 Å². The molecule has 1 aliphatic rings. The van der Waals surface area contributed by atoms with Gasteiger partial charge in [0.2, 0.25) is 0 Å². The van der Waals surface area contributed by atoms with Gasteiger partial charge in [-0.25, -0.2) is 4.79 Å². The van der Waals surface area contributed by atoms with Crippen molar-refractivity contribution in [3.8, 4) is 0 Å². The molecule has 4 nitrogen and oxygen atoms in total. The zero-order valence-corrected chi connectivity index (χ0v) is 12.8. The van der Waals surface area contributed by atoms with Gasteiger partial charge in [-0.05, 0) is 13.0 Å². The highest BCUT2D eigenvalue weighted by atomic mass is 19.4. The molecule has 1 N–H and O–H groups in total. The summed E-state index contributed by atoms with van der Waals surface area (Å²) in [6.45, 7) is 3.29. The van der Waals surface area contributed by atoms with Gasteiger partial charge in [-0.1, -0.05) is 13.8 Å². The first-order chi connectivity index (χ1) is 10.6. The summed E-state index contributed by atoms with van der Waals surface area (Å²) in [7, 11) is 0. The lowest BCUT2D eigenvalue weighted by atomic mass is 10.1. The van der Waals surface area contributed by atoms with E-state index in [1.165, 1.54) is 13.8 Å². The third-order valence-corrected chi connectivity index (χ3v) is 3.73. The van der Waals surface area contributed by atoms with Gasteiger partial charge in [0, 0.05) is 11.3 Å². The molecule has 0 aromatic carbocycles. The van der Waals surface area contributed by atoms with E-state index >= 15 is 0 Å². The Hall–Kier alpha value is -1.68. The number of hydrogen-bond donors (Lipinski definition) is 1. The standard InChI is InChI=1S/C13H15F7O4/c1-4-23-7(11(14,15)12(16,17)13(18,19)20)5-6-8(10(6,2)3)24-9(21)22/h5-6,8H,4H2,1-3H3,(H,21,22). The molecule has 24 heavy (non-hydrogen) atoms. The van der Waals surface area contributed by atoms with Crippen molar-refractivity contribution in [1.82, 2.24) is 0 Å². The second kappa shape index (κ2) is 5.99. The molecule has 0 amide bonds. The summed E-state index contributed by atoms with van der Waals surface area (Å²) in [6, 6.07) is 0. The number of carboxylic acid groups (broad SMARTS) is 1. The van der Waals surface area contributed by atoms with E-state index in [2.05, 4.69) is 9.47 Å². The lowest BCUT2D eigenvalue weighted by Crippen LogP contribution is -2.53. The summed E-state index contributed by atoms with van der Waals surface area (Å²) >= 11 is 0. The molecule has 0 aromatic heterocycles. The fraction of sp³-hybridized carbons (Fsp3) is 0.769. The molecule has 1 rings (SSSR count). The van der Waals surface area contributed by atoms with E-state index < -0.39 is 54.0 Å². The molecule has 0 heterocycles. The van der Waals surface area contributed by atoms with Crippen molar-refractivity contribution in [3.63, 3.8) is 0 Å². The monoisotopic (exact) mass is 368 g/mol. The van der Waals surface area contributed by atoms with E-state index in [4.69, 9.17) is 5.11 Å². The van der Waals surface area contributed by atoms with Gasteiger partial charge in [0.05, 0.1) is 6.61 Å². The minimum Gasteiger partial charge on any atom is -0.492 e. The predicted molar refractivity (Wildman–Crippen MR) is 65.8 cm³/mol. The van der Waals surface area contributed by atoms with Crippen molar-refractivity contribution in [3.05, 3.63) is 11.8 Å². The first-order valence-electron chi connectivity index (χ1n) is 6.67. The molecule has 140 valence electrons. The summed E-state index contributed by atoms with van der Waals surface area (Å²) in [4.78, 5) is 10.5. The van der Waals surface area contributed by atoms with Crippen LogP contribution in [0.15, 0.2) is 11.8 Å². The van der Waals surface area contributed by atoms with E-state index in [1.807, 2.05) is 0 Å². The Labute approximate surface area is 132 Å². The molecular formula is C13H15F7O4. The summed E-state index contributed by atoms with van der Waals surface area (Å²) in [5, 5.41) is 8.52. The molecule has 0 spiro atoms. The fourth-order valence-electron chi connectivity index (χ4n) is 2.16. The average molecular weight is 368 g/mol. The molecule has 0 aromatic rings. The van der Waals surface area contributed by atoms with Gasteiger partial charge in [-0.3, -0.25) is 0 Å². The number of halogens is 7. The molecule has 11 heteroatoms. The highest BCUT2D eigenvalue weighted by Gasteiger charge is 2.75. The molecule has 0 bridgehead atoms. The largest absolute Gasteiger partial charge is 0.506 e. The maximum absolute atomic E-state index is 13.8. The zero-order valence-electron chi connectivity index (χ0n) is 12.8. The highest BCUT2D eigenvalue weighted by Crippen LogP contribution is 2.57. The third-order valence-electron chi connectivity index (χ3n) is 3.73. The van der Waals surface area contributed by atoms with Gasteiger partial charge >= 0.3 is 24.2 Å². The summed E-state index contributed by atoms with van der Waals surface area (Å²) in [5.74, 6) is -15.0. The molecule has 2 atom stereocenters. The normalized spacial score (nSPS) is 24.5. The van der Waals surface area contributed by atoms with Crippen LogP contribution in [0.4, 0.5) is 35.5 Å². The Morgan fingerprint density at radius 1 is 1.17 bits per heavy atom. The van der Waals surface area contributed by atoms with Gasteiger partial charge in [-0.15, -0.1) is 0 Å². The van der Waals surface area contributed by atoms with Crippen LogP contribution >= 0.6 is 0 Å². The van der Waals surface area contributed by atoms with Crippen LogP contribution in [-0.4, -0.2) is 42.0 Å². The van der Waals surface area contributed by atoms with Gasteiger partial charge in [0.15, 0.2) is 5.76 Å². The maximum Gasteiger partial charge on any atom is 0.506 e. The van der Waals surface area contributed by atoms with Gasteiger partial charge in [-0.2, -0.15) is 30.7 Å². The van der Waals surface area contributed by atoms with Crippen LogP contribution in [0.5, 0.6) is 0 Å². The fourth-order valence-corrected chi connectivity index (χ4v) is 2.16. The zero-order chi connectivity index (χ0) is 19.1. The van der Waals surface area contributed by atoms with Crippen LogP contribution in [-0.2, 0) is 9.47 Å². The van der Waals surface area contributed by atoms with Crippen molar-refractivity contribution in [2.75, 3.05) is 6.61 Å². The number of alkyl halides is 7. The third kappa shape index (κ3) is 3.39. The number of rotatable bonds is 6. The number of allylic oxidation sites excluding steroid dienone is 1. The second-order valence-electron chi connectivity index (χ2n) is 5.76. The topological polar surface area (TPSA) is 55.8 Å². The van der Waals surface area contributed by atoms with Gasteiger partial charge < -0.3 is 14.6 Å². The van der Waals surface area contributed by atoms with E-state index in [9.17, 15) is 35.5 Å². The quantitative estimate of drug-likeness (QED) is 0.427. The summed E-state index contributed by atoms with van der Waals surface area (Å²) < 4.78 is 99.3. The van der Waals surface area contributed by atoms with Crippen LogP contribution in [0, 0.1) is 11.3 Å². The Morgan fingerprint density at radius 3 is 2.04 bits per heavy atom. The lowest BCUT2D eigenvalue weighted by molar-refractivity contribution is -0.350. The molecule has 0 aliphatic heterocycles. The minimum absolute atomic E-state index is 0.372. The smallest absolute Gasteiger partial charge is 0.492 e. The van der Waals surface area contributed by atoms with Crippen LogP contribution < -0.4 is 0 Å². The lowest BCUT2D eigenvalue weighted by Gasteiger charge is -2.29. The Kier molecular flexibility index (Phi) is 5.09. The minimum atomic E-state index is -6.50. The predicted octanol–water partition coefficient (Wildman–Crippen LogP) is 4.46.